The first-order valence-electron chi connectivity index (χ1n) is 5.28. The summed E-state index contributed by atoms with van der Waals surface area (Å²) in [5.74, 6) is 0.568. The standard InChI is InChI=1S/C12H12BrN3/c13-9-3-1-8(2-4-9)12(5-6-12)10-7-11(14)16-15-10/h1-4,7H,5-6H2,(H3,14,15,16). The molecule has 2 aromatic rings. The molecular formula is C12H12BrN3. The highest BCUT2D eigenvalue weighted by Crippen LogP contribution is 2.53. The van der Waals surface area contributed by atoms with Crippen LogP contribution in [0.25, 0.3) is 0 Å². The van der Waals surface area contributed by atoms with E-state index in [0.29, 0.717) is 5.82 Å². The van der Waals surface area contributed by atoms with Gasteiger partial charge in [-0.2, -0.15) is 5.10 Å². The second kappa shape index (κ2) is 3.35. The zero-order chi connectivity index (χ0) is 11.2. The zero-order valence-corrected chi connectivity index (χ0v) is 10.3. The Bertz CT molecular complexity index is 511. The molecule has 4 heteroatoms. The van der Waals surface area contributed by atoms with Gasteiger partial charge >= 0.3 is 0 Å². The lowest BCUT2D eigenvalue weighted by molar-refractivity contribution is 0.792. The maximum absolute atomic E-state index is 5.66. The molecule has 1 aliphatic rings. The number of rotatable bonds is 2. The summed E-state index contributed by atoms with van der Waals surface area (Å²) < 4.78 is 1.11. The minimum Gasteiger partial charge on any atom is -0.382 e. The van der Waals surface area contributed by atoms with Crippen LogP contribution in [0.3, 0.4) is 0 Å². The Morgan fingerprint density at radius 1 is 1.25 bits per heavy atom. The van der Waals surface area contributed by atoms with E-state index in [-0.39, 0.29) is 5.41 Å². The second-order valence-corrected chi connectivity index (χ2v) is 5.21. The van der Waals surface area contributed by atoms with Crippen molar-refractivity contribution in [3.63, 3.8) is 0 Å². The fourth-order valence-electron chi connectivity index (χ4n) is 2.19. The van der Waals surface area contributed by atoms with Gasteiger partial charge in [0.15, 0.2) is 0 Å². The molecule has 0 unspecified atom stereocenters. The fraction of sp³-hybridized carbons (Fsp3) is 0.250. The predicted molar refractivity (Wildman–Crippen MR) is 67.2 cm³/mol. The van der Waals surface area contributed by atoms with Crippen LogP contribution >= 0.6 is 15.9 Å². The van der Waals surface area contributed by atoms with Gasteiger partial charge in [0.25, 0.3) is 0 Å². The third-order valence-corrected chi connectivity index (χ3v) is 3.79. The van der Waals surface area contributed by atoms with Crippen molar-refractivity contribution in [2.45, 2.75) is 18.3 Å². The van der Waals surface area contributed by atoms with Crippen molar-refractivity contribution >= 4 is 21.7 Å². The van der Waals surface area contributed by atoms with Crippen molar-refractivity contribution in [2.24, 2.45) is 0 Å². The minimum atomic E-state index is 0.130. The van der Waals surface area contributed by atoms with Crippen LogP contribution in [-0.4, -0.2) is 10.2 Å². The van der Waals surface area contributed by atoms with Gasteiger partial charge in [0.05, 0.1) is 0 Å². The SMILES string of the molecule is Nc1cc(C2(c3ccc(Br)cc3)CC2)[nH]n1. The van der Waals surface area contributed by atoms with E-state index in [9.17, 15) is 0 Å². The molecule has 1 aliphatic carbocycles. The Morgan fingerprint density at radius 2 is 1.94 bits per heavy atom. The monoisotopic (exact) mass is 277 g/mol. The predicted octanol–water partition coefficient (Wildman–Crippen LogP) is 2.83. The first-order valence-corrected chi connectivity index (χ1v) is 6.07. The van der Waals surface area contributed by atoms with Gasteiger partial charge in [0.2, 0.25) is 0 Å². The largest absolute Gasteiger partial charge is 0.382 e. The van der Waals surface area contributed by atoms with Gasteiger partial charge < -0.3 is 5.73 Å². The normalized spacial score (nSPS) is 17.3. The van der Waals surface area contributed by atoms with E-state index in [2.05, 4.69) is 50.4 Å². The molecule has 1 aromatic heterocycles. The number of nitrogens with one attached hydrogen (secondary N) is 1. The van der Waals surface area contributed by atoms with Crippen LogP contribution in [0, 0.1) is 0 Å². The Balaban J connectivity index is 2.03. The number of anilines is 1. The smallest absolute Gasteiger partial charge is 0.145 e. The summed E-state index contributed by atoms with van der Waals surface area (Å²) in [6, 6.07) is 10.4. The topological polar surface area (TPSA) is 54.7 Å². The quantitative estimate of drug-likeness (QED) is 0.887. The van der Waals surface area contributed by atoms with Crippen LogP contribution in [0.15, 0.2) is 34.8 Å². The van der Waals surface area contributed by atoms with Gasteiger partial charge in [-0.1, -0.05) is 28.1 Å². The highest BCUT2D eigenvalue weighted by molar-refractivity contribution is 9.10. The number of nitrogens with two attached hydrogens (primary N) is 1. The molecule has 3 rings (SSSR count). The van der Waals surface area contributed by atoms with E-state index >= 15 is 0 Å². The van der Waals surface area contributed by atoms with Gasteiger partial charge in [0.1, 0.15) is 5.82 Å². The molecular weight excluding hydrogens is 266 g/mol. The van der Waals surface area contributed by atoms with Crippen molar-refractivity contribution in [3.05, 3.63) is 46.1 Å². The molecule has 1 saturated carbocycles. The second-order valence-electron chi connectivity index (χ2n) is 4.30. The molecule has 82 valence electrons. The molecule has 1 aromatic carbocycles. The average Bonchev–Trinajstić information content (AvgIpc) is 2.97. The first kappa shape index (κ1) is 9.90. The van der Waals surface area contributed by atoms with Crippen LogP contribution in [0.1, 0.15) is 24.1 Å². The number of aromatic amines is 1. The third-order valence-electron chi connectivity index (χ3n) is 3.26. The molecule has 3 nitrogen and oxygen atoms in total. The maximum atomic E-state index is 5.66. The first-order chi connectivity index (χ1) is 7.71. The van der Waals surface area contributed by atoms with Crippen molar-refractivity contribution in [3.8, 4) is 0 Å². The number of H-pyrrole nitrogens is 1. The minimum absolute atomic E-state index is 0.130. The molecule has 1 fully saturated rings. The molecule has 0 spiro atoms. The number of nitrogens with zero attached hydrogens (tertiary/aromatic N) is 1. The maximum Gasteiger partial charge on any atom is 0.145 e. The Morgan fingerprint density at radius 3 is 2.44 bits per heavy atom. The summed E-state index contributed by atoms with van der Waals surface area (Å²) in [5, 5.41) is 7.04. The van der Waals surface area contributed by atoms with E-state index in [4.69, 9.17) is 5.73 Å². The Labute approximate surface area is 102 Å². The number of aromatic nitrogens is 2. The van der Waals surface area contributed by atoms with Crippen molar-refractivity contribution in [1.82, 2.24) is 10.2 Å². The van der Waals surface area contributed by atoms with E-state index < -0.39 is 0 Å². The van der Waals surface area contributed by atoms with Crippen molar-refractivity contribution in [1.29, 1.82) is 0 Å². The number of halogens is 1. The molecule has 0 bridgehead atoms. The molecule has 0 aliphatic heterocycles. The van der Waals surface area contributed by atoms with Crippen LogP contribution in [0.4, 0.5) is 5.82 Å². The number of nitrogen functional groups attached to an aromatic ring is 1. The van der Waals surface area contributed by atoms with Gasteiger partial charge in [-0.05, 0) is 30.5 Å². The highest BCUT2D eigenvalue weighted by atomic mass is 79.9. The van der Waals surface area contributed by atoms with Crippen molar-refractivity contribution < 1.29 is 0 Å². The Kier molecular flexibility index (Phi) is 2.07. The number of benzene rings is 1. The van der Waals surface area contributed by atoms with E-state index in [1.807, 2.05) is 6.07 Å². The van der Waals surface area contributed by atoms with Gasteiger partial charge in [-0.25, -0.2) is 0 Å². The summed E-state index contributed by atoms with van der Waals surface area (Å²) in [7, 11) is 0. The molecule has 0 saturated heterocycles. The van der Waals surface area contributed by atoms with Gasteiger partial charge in [-0.15, -0.1) is 0 Å². The molecule has 16 heavy (non-hydrogen) atoms. The molecule has 0 amide bonds. The summed E-state index contributed by atoms with van der Waals surface area (Å²) >= 11 is 3.45. The van der Waals surface area contributed by atoms with E-state index in [1.165, 1.54) is 5.56 Å². The van der Waals surface area contributed by atoms with Gasteiger partial charge in [-0.3, -0.25) is 5.10 Å². The van der Waals surface area contributed by atoms with Crippen molar-refractivity contribution in [2.75, 3.05) is 5.73 Å². The van der Waals surface area contributed by atoms with Crippen LogP contribution < -0.4 is 5.73 Å². The van der Waals surface area contributed by atoms with Crippen LogP contribution in [0.2, 0.25) is 0 Å². The lowest BCUT2D eigenvalue weighted by atomic mass is 9.92. The molecule has 0 atom stereocenters. The average molecular weight is 278 g/mol. The van der Waals surface area contributed by atoms with Gasteiger partial charge in [0, 0.05) is 21.6 Å². The Hall–Kier alpha value is -1.29. The van der Waals surface area contributed by atoms with Crippen LogP contribution in [-0.2, 0) is 5.41 Å². The number of hydrogen-bond acceptors (Lipinski definition) is 2. The van der Waals surface area contributed by atoms with E-state index in [1.54, 1.807) is 0 Å². The summed E-state index contributed by atoms with van der Waals surface area (Å²) in [4.78, 5) is 0. The van der Waals surface area contributed by atoms with Crippen LogP contribution in [0.5, 0.6) is 0 Å². The third kappa shape index (κ3) is 1.45. The summed E-state index contributed by atoms with van der Waals surface area (Å²) in [5.41, 5.74) is 8.25. The van der Waals surface area contributed by atoms with E-state index in [0.717, 1.165) is 23.0 Å². The highest BCUT2D eigenvalue weighted by Gasteiger charge is 2.47. The molecule has 0 radical (unpaired) electrons. The summed E-state index contributed by atoms with van der Waals surface area (Å²) in [6.07, 6.45) is 2.33. The number of hydrogen-bond donors (Lipinski definition) is 2. The fourth-order valence-corrected chi connectivity index (χ4v) is 2.45. The lowest BCUT2D eigenvalue weighted by Gasteiger charge is -2.13. The molecule has 1 heterocycles. The lowest BCUT2D eigenvalue weighted by Crippen LogP contribution is -2.08. The molecule has 3 N–H and O–H groups in total. The zero-order valence-electron chi connectivity index (χ0n) is 8.70. The summed E-state index contributed by atoms with van der Waals surface area (Å²) in [6.45, 7) is 0.